The van der Waals surface area contributed by atoms with E-state index in [0.29, 0.717) is 41.2 Å². The number of carbonyl (C=O) groups excluding carboxylic acids is 1. The smallest absolute Gasteiger partial charge is 0.253 e. The number of rotatable bonds is 7. The van der Waals surface area contributed by atoms with E-state index in [-0.39, 0.29) is 5.91 Å². The van der Waals surface area contributed by atoms with Crippen LogP contribution < -0.4 is 9.47 Å². The van der Waals surface area contributed by atoms with Crippen molar-refractivity contribution in [2.75, 3.05) is 27.3 Å². The first kappa shape index (κ1) is 17.6. The summed E-state index contributed by atoms with van der Waals surface area (Å²) in [5, 5.41) is 0.394. The fraction of sp³-hybridized carbons (Fsp3) is 0.562. The minimum Gasteiger partial charge on any atom is -0.493 e. The van der Waals surface area contributed by atoms with E-state index >= 15 is 0 Å². The van der Waals surface area contributed by atoms with Crippen molar-refractivity contribution in [1.82, 2.24) is 4.90 Å². The van der Waals surface area contributed by atoms with Crippen LogP contribution in [0.1, 0.15) is 37.6 Å². The summed E-state index contributed by atoms with van der Waals surface area (Å²) in [5.74, 6) is 1.44. The predicted molar refractivity (Wildman–Crippen MR) is 85.6 cm³/mol. The van der Waals surface area contributed by atoms with Gasteiger partial charge < -0.3 is 14.4 Å². The fourth-order valence-corrected chi connectivity index (χ4v) is 2.01. The molecule has 5 heteroatoms. The van der Waals surface area contributed by atoms with E-state index in [4.69, 9.17) is 21.1 Å². The van der Waals surface area contributed by atoms with E-state index in [1.807, 2.05) is 6.92 Å². The maximum Gasteiger partial charge on any atom is 0.253 e. The van der Waals surface area contributed by atoms with Crippen molar-refractivity contribution in [2.45, 2.75) is 27.2 Å². The molecule has 0 N–H and O–H groups in total. The van der Waals surface area contributed by atoms with Crippen LogP contribution in [-0.4, -0.2) is 38.1 Å². The number of carbonyl (C=O) groups is 1. The molecule has 118 valence electrons. The fourth-order valence-electron chi connectivity index (χ4n) is 1.74. The van der Waals surface area contributed by atoms with Crippen LogP contribution in [0.4, 0.5) is 0 Å². The number of hydrogen-bond donors (Lipinski definition) is 0. The quantitative estimate of drug-likeness (QED) is 0.767. The van der Waals surface area contributed by atoms with Crippen LogP contribution in [0.3, 0.4) is 0 Å². The Kier molecular flexibility index (Phi) is 6.82. The summed E-state index contributed by atoms with van der Waals surface area (Å²) >= 11 is 6.24. The number of ether oxygens (including phenoxy) is 2. The summed E-state index contributed by atoms with van der Waals surface area (Å²) in [6.07, 6.45) is 0.929. The Morgan fingerprint density at radius 2 is 2.05 bits per heavy atom. The van der Waals surface area contributed by atoms with Crippen LogP contribution >= 0.6 is 11.6 Å². The van der Waals surface area contributed by atoms with Crippen LogP contribution in [0.15, 0.2) is 12.1 Å². The Bertz CT molecular complexity index is 489. The van der Waals surface area contributed by atoms with E-state index in [9.17, 15) is 4.79 Å². The lowest BCUT2D eigenvalue weighted by Gasteiger charge is -2.18. The number of halogens is 1. The lowest BCUT2D eigenvalue weighted by Crippen LogP contribution is -2.26. The Labute approximate surface area is 132 Å². The molecule has 0 fully saturated rings. The van der Waals surface area contributed by atoms with Crippen molar-refractivity contribution >= 4 is 17.5 Å². The van der Waals surface area contributed by atoms with Gasteiger partial charge in [0.25, 0.3) is 5.91 Å². The topological polar surface area (TPSA) is 38.8 Å². The highest BCUT2D eigenvalue weighted by Gasteiger charge is 2.17. The van der Waals surface area contributed by atoms with Gasteiger partial charge in [-0.2, -0.15) is 0 Å². The minimum absolute atomic E-state index is 0.0913. The van der Waals surface area contributed by atoms with E-state index in [1.165, 1.54) is 0 Å². The van der Waals surface area contributed by atoms with E-state index in [0.717, 1.165) is 6.42 Å². The standard InChI is InChI=1S/C16H24ClNO3/c1-6-18(4)16(19)12-9-13(17)15(14(10-12)20-5)21-8-7-11(2)3/h9-11H,6-8H2,1-5H3. The van der Waals surface area contributed by atoms with Gasteiger partial charge >= 0.3 is 0 Å². The van der Waals surface area contributed by atoms with Crippen molar-refractivity contribution in [3.05, 3.63) is 22.7 Å². The van der Waals surface area contributed by atoms with Gasteiger partial charge in [-0.15, -0.1) is 0 Å². The van der Waals surface area contributed by atoms with Crippen LogP contribution in [0.2, 0.25) is 5.02 Å². The Morgan fingerprint density at radius 1 is 1.38 bits per heavy atom. The van der Waals surface area contributed by atoms with Gasteiger partial charge in [-0.3, -0.25) is 4.79 Å². The molecule has 0 saturated carbocycles. The second-order valence-corrected chi connectivity index (χ2v) is 5.75. The van der Waals surface area contributed by atoms with Crippen LogP contribution in [0, 0.1) is 5.92 Å². The van der Waals surface area contributed by atoms with Gasteiger partial charge in [0.2, 0.25) is 0 Å². The van der Waals surface area contributed by atoms with Gasteiger partial charge in [0.15, 0.2) is 11.5 Å². The van der Waals surface area contributed by atoms with Crippen molar-refractivity contribution in [2.24, 2.45) is 5.92 Å². The summed E-state index contributed by atoms with van der Waals surface area (Å²) < 4.78 is 11.0. The molecule has 0 aliphatic carbocycles. The maximum atomic E-state index is 12.2. The molecule has 0 spiro atoms. The van der Waals surface area contributed by atoms with Gasteiger partial charge in [-0.1, -0.05) is 25.4 Å². The zero-order valence-corrected chi connectivity index (χ0v) is 14.2. The van der Waals surface area contributed by atoms with E-state index < -0.39 is 0 Å². The summed E-state index contributed by atoms with van der Waals surface area (Å²) in [7, 11) is 3.29. The second kappa shape index (κ2) is 8.13. The minimum atomic E-state index is -0.0913. The van der Waals surface area contributed by atoms with E-state index in [1.54, 1.807) is 31.2 Å². The monoisotopic (exact) mass is 313 g/mol. The van der Waals surface area contributed by atoms with Crippen LogP contribution in [0.25, 0.3) is 0 Å². The molecule has 1 aromatic carbocycles. The Hall–Kier alpha value is -1.42. The van der Waals surface area contributed by atoms with Gasteiger partial charge in [-0.05, 0) is 31.4 Å². The lowest BCUT2D eigenvalue weighted by atomic mass is 10.1. The summed E-state index contributed by atoms with van der Waals surface area (Å²) in [5.41, 5.74) is 0.498. The highest BCUT2D eigenvalue weighted by molar-refractivity contribution is 6.32. The summed E-state index contributed by atoms with van der Waals surface area (Å²) in [6.45, 7) is 7.37. The van der Waals surface area contributed by atoms with Gasteiger partial charge in [-0.25, -0.2) is 0 Å². The molecule has 0 heterocycles. The normalized spacial score (nSPS) is 10.6. The van der Waals surface area contributed by atoms with Crippen molar-refractivity contribution < 1.29 is 14.3 Å². The maximum absolute atomic E-state index is 12.2. The molecule has 1 amide bonds. The molecule has 1 aromatic rings. The largest absolute Gasteiger partial charge is 0.493 e. The molecule has 0 saturated heterocycles. The third kappa shape index (κ3) is 4.81. The molecule has 1 rings (SSSR count). The van der Waals surface area contributed by atoms with Gasteiger partial charge in [0.05, 0.1) is 18.7 Å². The van der Waals surface area contributed by atoms with Crippen LogP contribution in [-0.2, 0) is 0 Å². The number of amides is 1. The van der Waals surface area contributed by atoms with Gasteiger partial charge in [0.1, 0.15) is 0 Å². The zero-order chi connectivity index (χ0) is 16.0. The molecule has 0 bridgehead atoms. The van der Waals surface area contributed by atoms with E-state index in [2.05, 4.69) is 13.8 Å². The third-order valence-electron chi connectivity index (χ3n) is 3.24. The molecule has 0 aromatic heterocycles. The molecular formula is C16H24ClNO3. The highest BCUT2D eigenvalue weighted by Crippen LogP contribution is 2.36. The highest BCUT2D eigenvalue weighted by atomic mass is 35.5. The average molecular weight is 314 g/mol. The first-order chi connectivity index (χ1) is 9.90. The molecule has 0 atom stereocenters. The Morgan fingerprint density at radius 3 is 2.57 bits per heavy atom. The van der Waals surface area contributed by atoms with Gasteiger partial charge in [0, 0.05) is 19.2 Å². The summed E-state index contributed by atoms with van der Waals surface area (Å²) in [4.78, 5) is 13.8. The van der Waals surface area contributed by atoms with Crippen molar-refractivity contribution in [3.8, 4) is 11.5 Å². The molecule has 0 aliphatic rings. The number of methoxy groups -OCH3 is 1. The molecule has 21 heavy (non-hydrogen) atoms. The van der Waals surface area contributed by atoms with Crippen molar-refractivity contribution in [3.63, 3.8) is 0 Å². The second-order valence-electron chi connectivity index (χ2n) is 5.34. The Balaban J connectivity index is 2.99. The first-order valence-corrected chi connectivity index (χ1v) is 7.54. The van der Waals surface area contributed by atoms with Crippen LogP contribution in [0.5, 0.6) is 11.5 Å². The lowest BCUT2D eigenvalue weighted by molar-refractivity contribution is 0.0802. The molecule has 4 nitrogen and oxygen atoms in total. The molecular weight excluding hydrogens is 290 g/mol. The molecule has 0 radical (unpaired) electrons. The predicted octanol–water partition coefficient (Wildman–Crippen LogP) is 3.87. The molecule has 0 unspecified atom stereocenters. The number of benzene rings is 1. The zero-order valence-electron chi connectivity index (χ0n) is 13.4. The third-order valence-corrected chi connectivity index (χ3v) is 3.52. The van der Waals surface area contributed by atoms with Crippen molar-refractivity contribution in [1.29, 1.82) is 0 Å². The SMILES string of the molecule is CCN(C)C(=O)c1cc(Cl)c(OCCC(C)C)c(OC)c1. The summed E-state index contributed by atoms with van der Waals surface area (Å²) in [6, 6.07) is 3.30. The average Bonchev–Trinajstić information content (AvgIpc) is 2.46. The first-order valence-electron chi connectivity index (χ1n) is 7.16. The number of nitrogens with zero attached hydrogens (tertiary/aromatic N) is 1. The number of hydrogen-bond acceptors (Lipinski definition) is 3. The molecule has 0 aliphatic heterocycles.